The van der Waals surface area contributed by atoms with Crippen molar-refractivity contribution in [1.29, 1.82) is 0 Å². The summed E-state index contributed by atoms with van der Waals surface area (Å²) in [5, 5.41) is 5.83. The van der Waals surface area contributed by atoms with Gasteiger partial charge in [-0.1, -0.05) is 81.4 Å². The molecule has 3 heterocycles. The van der Waals surface area contributed by atoms with Crippen LogP contribution in [-0.4, -0.2) is 32.1 Å². The summed E-state index contributed by atoms with van der Waals surface area (Å²) >= 11 is 0. The van der Waals surface area contributed by atoms with E-state index in [1.165, 1.54) is 27.6 Å². The first kappa shape index (κ1) is 25.2. The Morgan fingerprint density at radius 3 is 2.59 bits per heavy atom. The minimum atomic E-state index is -0.194. The highest BCUT2D eigenvalue weighted by Crippen LogP contribution is 2.39. The normalized spacial score (nSPS) is 15.5. The van der Waals surface area contributed by atoms with Gasteiger partial charge >= 0.3 is 0 Å². The zero-order chi connectivity index (χ0) is 27.3. The number of hydrogen-bond donors (Lipinski definition) is 1. The summed E-state index contributed by atoms with van der Waals surface area (Å²) in [6, 6.07) is 25.3. The van der Waals surface area contributed by atoms with E-state index >= 15 is 0 Å². The van der Waals surface area contributed by atoms with E-state index in [2.05, 4.69) is 111 Å². The number of rotatable bonds is 4. The highest BCUT2D eigenvalue weighted by Gasteiger charge is 2.36. The molecule has 0 bridgehead atoms. The highest BCUT2D eigenvalue weighted by molar-refractivity contribution is 5.94. The molecule has 1 aliphatic heterocycles. The van der Waals surface area contributed by atoms with E-state index in [1.54, 1.807) is 6.20 Å². The van der Waals surface area contributed by atoms with Crippen LogP contribution < -0.4 is 0 Å². The van der Waals surface area contributed by atoms with Gasteiger partial charge in [-0.15, -0.1) is 0 Å². The van der Waals surface area contributed by atoms with Gasteiger partial charge in [0, 0.05) is 29.3 Å². The standard InChI is InChI=1S/C34H36N4O/c1-22-13-14-25(19-23(22)2)32-31-28(27-11-6-7-12-29(27)36-31)16-18-37(32)33(39)30-15-17-35-38(30)21-24-9-8-10-26(20-24)34(3,4)5/h6-15,17,19-20,32,36H,16,18,21H2,1-5H3. The van der Waals surface area contributed by atoms with Crippen LogP contribution in [0.2, 0.25) is 0 Å². The van der Waals surface area contributed by atoms with E-state index in [9.17, 15) is 4.79 Å². The number of H-pyrrole nitrogens is 1. The number of benzene rings is 3. The summed E-state index contributed by atoms with van der Waals surface area (Å²) in [6.45, 7) is 12.1. The quantitative estimate of drug-likeness (QED) is 0.277. The number of hydrogen-bond acceptors (Lipinski definition) is 2. The van der Waals surface area contributed by atoms with Gasteiger partial charge in [0.2, 0.25) is 0 Å². The molecule has 39 heavy (non-hydrogen) atoms. The average molecular weight is 517 g/mol. The van der Waals surface area contributed by atoms with Gasteiger partial charge in [0.15, 0.2) is 0 Å². The van der Waals surface area contributed by atoms with E-state index in [1.807, 2.05) is 15.6 Å². The Hall–Kier alpha value is -4.12. The molecule has 5 nitrogen and oxygen atoms in total. The molecule has 0 fully saturated rings. The average Bonchev–Trinajstić information content (AvgIpc) is 3.53. The van der Waals surface area contributed by atoms with E-state index in [-0.39, 0.29) is 17.4 Å². The molecule has 1 atom stereocenters. The first-order valence-corrected chi connectivity index (χ1v) is 13.8. The van der Waals surface area contributed by atoms with Crippen LogP contribution in [0, 0.1) is 13.8 Å². The molecule has 0 aliphatic carbocycles. The second-order valence-electron chi connectivity index (χ2n) is 11.9. The van der Waals surface area contributed by atoms with Gasteiger partial charge < -0.3 is 9.88 Å². The predicted molar refractivity (Wildman–Crippen MR) is 157 cm³/mol. The second-order valence-corrected chi connectivity index (χ2v) is 11.9. The van der Waals surface area contributed by atoms with Gasteiger partial charge in [0.1, 0.15) is 5.69 Å². The van der Waals surface area contributed by atoms with Crippen LogP contribution in [-0.2, 0) is 18.4 Å². The predicted octanol–water partition coefficient (Wildman–Crippen LogP) is 7.11. The SMILES string of the molecule is Cc1ccc(C2c3[nH]c4ccccc4c3CCN2C(=O)c2ccnn2Cc2cccc(C(C)(C)C)c2)cc1C. The number of aromatic nitrogens is 3. The molecule has 0 saturated carbocycles. The van der Waals surface area contributed by atoms with Gasteiger partial charge in [-0.05, 0) is 71.2 Å². The molecule has 198 valence electrons. The maximum Gasteiger partial charge on any atom is 0.272 e. The molecule has 0 saturated heterocycles. The maximum atomic E-state index is 14.3. The Kier molecular flexibility index (Phi) is 6.17. The highest BCUT2D eigenvalue weighted by atomic mass is 16.2. The number of nitrogens with one attached hydrogen (secondary N) is 1. The number of nitrogens with zero attached hydrogens (tertiary/aromatic N) is 3. The number of aromatic amines is 1. The molecule has 2 aromatic heterocycles. The summed E-state index contributed by atoms with van der Waals surface area (Å²) in [5.41, 5.74) is 10.2. The fourth-order valence-electron chi connectivity index (χ4n) is 5.84. The third-order valence-electron chi connectivity index (χ3n) is 8.20. The van der Waals surface area contributed by atoms with Crippen molar-refractivity contribution in [3.63, 3.8) is 0 Å². The van der Waals surface area contributed by atoms with Crippen LogP contribution >= 0.6 is 0 Å². The van der Waals surface area contributed by atoms with Crippen LogP contribution in [0.25, 0.3) is 10.9 Å². The third-order valence-corrected chi connectivity index (χ3v) is 8.20. The Morgan fingerprint density at radius 2 is 1.79 bits per heavy atom. The molecule has 1 N–H and O–H groups in total. The fourth-order valence-corrected chi connectivity index (χ4v) is 5.84. The molecule has 6 rings (SSSR count). The summed E-state index contributed by atoms with van der Waals surface area (Å²) in [4.78, 5) is 20.0. The summed E-state index contributed by atoms with van der Waals surface area (Å²) < 4.78 is 1.85. The number of amides is 1. The molecule has 0 spiro atoms. The van der Waals surface area contributed by atoms with Crippen molar-refractivity contribution in [3.05, 3.63) is 124 Å². The fraction of sp³-hybridized carbons (Fsp3) is 0.294. The molecule has 1 unspecified atom stereocenters. The van der Waals surface area contributed by atoms with Crippen LogP contribution in [0.5, 0.6) is 0 Å². The molecule has 1 aliphatic rings. The number of carbonyl (C=O) groups is 1. The van der Waals surface area contributed by atoms with Crippen molar-refractivity contribution >= 4 is 16.8 Å². The smallest absolute Gasteiger partial charge is 0.272 e. The van der Waals surface area contributed by atoms with Gasteiger partial charge in [-0.25, -0.2) is 0 Å². The molecule has 5 aromatic rings. The lowest BCUT2D eigenvalue weighted by molar-refractivity contribution is 0.0679. The van der Waals surface area contributed by atoms with Crippen LogP contribution in [0.15, 0.2) is 79.0 Å². The maximum absolute atomic E-state index is 14.3. The van der Waals surface area contributed by atoms with Crippen molar-refractivity contribution in [3.8, 4) is 0 Å². The van der Waals surface area contributed by atoms with Crippen molar-refractivity contribution < 1.29 is 4.79 Å². The Morgan fingerprint density at radius 1 is 0.974 bits per heavy atom. The third kappa shape index (κ3) is 4.56. The van der Waals surface area contributed by atoms with Crippen molar-refractivity contribution in [2.24, 2.45) is 0 Å². The topological polar surface area (TPSA) is 53.9 Å². The minimum Gasteiger partial charge on any atom is -0.356 e. The van der Waals surface area contributed by atoms with E-state index < -0.39 is 0 Å². The Bertz CT molecular complexity index is 1680. The van der Waals surface area contributed by atoms with Crippen LogP contribution in [0.1, 0.15) is 76.4 Å². The van der Waals surface area contributed by atoms with E-state index in [0.29, 0.717) is 18.8 Å². The van der Waals surface area contributed by atoms with E-state index in [0.717, 1.165) is 28.8 Å². The summed E-state index contributed by atoms with van der Waals surface area (Å²) in [5.74, 6) is 0.00649. The van der Waals surface area contributed by atoms with Crippen LogP contribution in [0.3, 0.4) is 0 Å². The summed E-state index contributed by atoms with van der Waals surface area (Å²) in [6.07, 6.45) is 2.55. The zero-order valence-corrected chi connectivity index (χ0v) is 23.5. The number of para-hydroxylation sites is 1. The van der Waals surface area contributed by atoms with Gasteiger partial charge in [0.05, 0.1) is 12.6 Å². The number of fused-ring (bicyclic) bond motifs is 3. The largest absolute Gasteiger partial charge is 0.356 e. The Balaban J connectivity index is 1.40. The van der Waals surface area contributed by atoms with Gasteiger partial charge in [0.25, 0.3) is 5.91 Å². The van der Waals surface area contributed by atoms with Gasteiger partial charge in [-0.3, -0.25) is 9.48 Å². The first-order chi connectivity index (χ1) is 18.7. The monoisotopic (exact) mass is 516 g/mol. The second kappa shape index (κ2) is 9.57. The molecular formula is C34H36N4O. The molecule has 0 radical (unpaired) electrons. The van der Waals surface area contributed by atoms with Crippen molar-refractivity contribution in [1.82, 2.24) is 19.7 Å². The van der Waals surface area contributed by atoms with E-state index in [4.69, 9.17) is 0 Å². The number of carbonyl (C=O) groups excluding carboxylic acids is 1. The molecule has 3 aromatic carbocycles. The lowest BCUT2D eigenvalue weighted by Gasteiger charge is -2.36. The molecule has 5 heteroatoms. The summed E-state index contributed by atoms with van der Waals surface area (Å²) in [7, 11) is 0. The van der Waals surface area contributed by atoms with Crippen LogP contribution in [0.4, 0.5) is 0 Å². The lowest BCUT2D eigenvalue weighted by atomic mass is 9.86. The number of aryl methyl sites for hydroxylation is 2. The first-order valence-electron chi connectivity index (χ1n) is 13.8. The van der Waals surface area contributed by atoms with Gasteiger partial charge in [-0.2, -0.15) is 5.10 Å². The van der Waals surface area contributed by atoms with Crippen molar-refractivity contribution in [2.75, 3.05) is 6.54 Å². The zero-order valence-electron chi connectivity index (χ0n) is 23.5. The molecular weight excluding hydrogens is 480 g/mol. The van der Waals surface area contributed by atoms with Crippen molar-refractivity contribution in [2.45, 2.75) is 59.0 Å². The minimum absolute atomic E-state index is 0.00649. The lowest BCUT2D eigenvalue weighted by Crippen LogP contribution is -2.41. The molecule has 1 amide bonds. The Labute approximate surface area is 230 Å².